The summed E-state index contributed by atoms with van der Waals surface area (Å²) in [4.78, 5) is 19.2. The number of hydrogen-bond donors (Lipinski definition) is 1. The van der Waals surface area contributed by atoms with Gasteiger partial charge in [-0.2, -0.15) is 0 Å². The number of piperidine rings is 1. The molecule has 0 radical (unpaired) electrons. The highest BCUT2D eigenvalue weighted by atomic mass is 16.2. The van der Waals surface area contributed by atoms with E-state index in [0.717, 1.165) is 56.0 Å². The van der Waals surface area contributed by atoms with Crippen molar-refractivity contribution in [1.82, 2.24) is 14.5 Å². The van der Waals surface area contributed by atoms with Crippen LogP contribution in [-0.4, -0.2) is 40.0 Å². The molecule has 1 fully saturated rings. The van der Waals surface area contributed by atoms with Crippen molar-refractivity contribution in [2.45, 2.75) is 32.7 Å². The predicted octanol–water partition coefficient (Wildman–Crippen LogP) is 4.46. The molecule has 1 amide bonds. The highest BCUT2D eigenvalue weighted by molar-refractivity contribution is 5.92. The van der Waals surface area contributed by atoms with E-state index in [4.69, 9.17) is 0 Å². The first kappa shape index (κ1) is 20.4. The smallest absolute Gasteiger partial charge is 0.238 e. The molecule has 4 rings (SSSR count). The fourth-order valence-corrected chi connectivity index (χ4v) is 4.14. The van der Waals surface area contributed by atoms with Gasteiger partial charge in [0.25, 0.3) is 0 Å². The molecule has 1 saturated heterocycles. The highest BCUT2D eigenvalue weighted by Crippen LogP contribution is 2.23. The highest BCUT2D eigenvalue weighted by Gasteiger charge is 2.22. The molecule has 2 aromatic carbocycles. The van der Waals surface area contributed by atoms with E-state index in [1.54, 1.807) is 0 Å². The van der Waals surface area contributed by atoms with Crippen molar-refractivity contribution in [3.05, 3.63) is 72.6 Å². The van der Waals surface area contributed by atoms with Crippen LogP contribution < -0.4 is 5.32 Å². The molecule has 0 atom stereocenters. The van der Waals surface area contributed by atoms with Crippen molar-refractivity contribution in [3.63, 3.8) is 0 Å². The van der Waals surface area contributed by atoms with Crippen LogP contribution in [-0.2, 0) is 17.8 Å². The summed E-state index contributed by atoms with van der Waals surface area (Å²) in [7, 11) is 0. The molecule has 0 bridgehead atoms. The predicted molar refractivity (Wildman–Crippen MR) is 121 cm³/mol. The summed E-state index contributed by atoms with van der Waals surface area (Å²) in [5.74, 6) is 1.72. The van der Waals surface area contributed by atoms with Gasteiger partial charge < -0.3 is 9.88 Å². The minimum Gasteiger partial charge on any atom is -0.331 e. The lowest BCUT2D eigenvalue weighted by Gasteiger charge is -2.31. The van der Waals surface area contributed by atoms with Gasteiger partial charge >= 0.3 is 0 Å². The zero-order valence-corrected chi connectivity index (χ0v) is 17.6. The Kier molecular flexibility index (Phi) is 6.60. The average molecular weight is 403 g/mol. The van der Waals surface area contributed by atoms with Gasteiger partial charge in [0.2, 0.25) is 5.91 Å². The topological polar surface area (TPSA) is 50.2 Å². The molecular formula is C25H30N4O. The third-order valence-corrected chi connectivity index (χ3v) is 5.92. The number of imidazole rings is 1. The van der Waals surface area contributed by atoms with Crippen LogP contribution in [0.3, 0.4) is 0 Å². The largest absolute Gasteiger partial charge is 0.331 e. The maximum absolute atomic E-state index is 12.4. The quantitative estimate of drug-likeness (QED) is 0.635. The molecule has 0 unspecified atom stereocenters. The lowest BCUT2D eigenvalue weighted by Crippen LogP contribution is -2.40. The van der Waals surface area contributed by atoms with Gasteiger partial charge in [0.15, 0.2) is 0 Å². The van der Waals surface area contributed by atoms with Crippen molar-refractivity contribution in [3.8, 4) is 11.4 Å². The summed E-state index contributed by atoms with van der Waals surface area (Å²) < 4.78 is 2.27. The van der Waals surface area contributed by atoms with Crippen molar-refractivity contribution in [2.24, 2.45) is 5.92 Å². The third-order valence-electron chi connectivity index (χ3n) is 5.92. The van der Waals surface area contributed by atoms with E-state index in [9.17, 15) is 4.79 Å². The first-order valence-corrected chi connectivity index (χ1v) is 10.9. The second kappa shape index (κ2) is 9.72. The molecule has 3 aromatic rings. The molecule has 0 saturated carbocycles. The van der Waals surface area contributed by atoms with Gasteiger partial charge in [0.05, 0.1) is 6.54 Å². The minimum atomic E-state index is 0.0682. The summed E-state index contributed by atoms with van der Waals surface area (Å²) in [6.45, 7) is 5.49. The van der Waals surface area contributed by atoms with Crippen molar-refractivity contribution in [2.75, 3.05) is 25.0 Å². The van der Waals surface area contributed by atoms with Crippen LogP contribution in [0.4, 0.5) is 5.69 Å². The van der Waals surface area contributed by atoms with Gasteiger partial charge in [-0.25, -0.2) is 4.98 Å². The van der Waals surface area contributed by atoms with Crippen molar-refractivity contribution in [1.29, 1.82) is 0 Å². The monoisotopic (exact) mass is 402 g/mol. The number of carbonyl (C=O) groups is 1. The first-order chi connectivity index (χ1) is 14.7. The number of likely N-dealkylation sites (tertiary alicyclic amines) is 1. The number of nitrogens with one attached hydrogen (secondary N) is 1. The molecule has 0 spiro atoms. The molecule has 30 heavy (non-hydrogen) atoms. The first-order valence-electron chi connectivity index (χ1n) is 10.9. The van der Waals surface area contributed by atoms with E-state index in [0.29, 0.717) is 12.5 Å². The second-order valence-corrected chi connectivity index (χ2v) is 8.09. The van der Waals surface area contributed by atoms with Crippen LogP contribution in [0, 0.1) is 5.92 Å². The molecule has 5 heteroatoms. The Bertz CT molecular complexity index is 941. The number of nitrogens with zero attached hydrogens (tertiary/aromatic N) is 3. The Morgan fingerprint density at radius 3 is 2.50 bits per heavy atom. The van der Waals surface area contributed by atoms with E-state index in [1.165, 1.54) is 5.56 Å². The Balaban J connectivity index is 1.25. The van der Waals surface area contributed by atoms with Gasteiger partial charge in [-0.3, -0.25) is 9.69 Å². The van der Waals surface area contributed by atoms with Crippen LogP contribution in [0.5, 0.6) is 0 Å². The fraction of sp³-hybridized carbons (Fsp3) is 0.360. The van der Waals surface area contributed by atoms with Crippen LogP contribution in [0.15, 0.2) is 67.0 Å². The normalized spacial score (nSPS) is 15.2. The zero-order valence-electron chi connectivity index (χ0n) is 17.6. The summed E-state index contributed by atoms with van der Waals surface area (Å²) in [6, 6.07) is 18.5. The number of hydrogen-bond acceptors (Lipinski definition) is 3. The number of rotatable bonds is 7. The molecule has 1 aliphatic heterocycles. The number of aromatic nitrogens is 2. The van der Waals surface area contributed by atoms with Crippen LogP contribution in [0.25, 0.3) is 11.4 Å². The van der Waals surface area contributed by atoms with E-state index >= 15 is 0 Å². The summed E-state index contributed by atoms with van der Waals surface area (Å²) in [6.07, 6.45) is 7.17. The summed E-state index contributed by atoms with van der Waals surface area (Å²) >= 11 is 0. The van der Waals surface area contributed by atoms with Crippen LogP contribution >= 0.6 is 0 Å². The molecule has 0 aliphatic carbocycles. The molecule has 1 N–H and O–H groups in total. The number of aryl methyl sites for hydroxylation is 1. The number of amides is 1. The Hall–Kier alpha value is -2.92. The Morgan fingerprint density at radius 2 is 1.80 bits per heavy atom. The number of anilines is 1. The lowest BCUT2D eigenvalue weighted by molar-refractivity contribution is -0.117. The summed E-state index contributed by atoms with van der Waals surface area (Å²) in [5.41, 5.74) is 3.31. The molecule has 156 valence electrons. The number of carbonyl (C=O) groups excluding carboxylic acids is 1. The van der Waals surface area contributed by atoms with Gasteiger partial charge in [-0.15, -0.1) is 0 Å². The molecule has 1 aliphatic rings. The average Bonchev–Trinajstić information content (AvgIpc) is 3.24. The lowest BCUT2D eigenvalue weighted by atomic mass is 9.96. The van der Waals surface area contributed by atoms with E-state index in [1.807, 2.05) is 24.4 Å². The molecular weight excluding hydrogens is 372 g/mol. The second-order valence-electron chi connectivity index (χ2n) is 8.09. The standard InChI is InChI=1S/C25H30N4O/c1-2-20-8-10-23(11-9-20)27-24(30)19-28-15-12-21(13-16-28)18-29-17-14-26-25(29)22-6-4-3-5-7-22/h3-11,14,17,21H,2,12-13,15-16,18-19H2,1H3,(H,27,30). The van der Waals surface area contributed by atoms with Crippen molar-refractivity contribution >= 4 is 11.6 Å². The Labute approximate surface area is 178 Å². The van der Waals surface area contributed by atoms with Gasteiger partial charge in [-0.1, -0.05) is 49.4 Å². The maximum Gasteiger partial charge on any atom is 0.238 e. The SMILES string of the molecule is CCc1ccc(NC(=O)CN2CCC(Cn3ccnc3-c3ccccc3)CC2)cc1. The molecule has 1 aromatic heterocycles. The van der Waals surface area contributed by atoms with Crippen LogP contribution in [0.2, 0.25) is 0 Å². The van der Waals surface area contributed by atoms with Crippen molar-refractivity contribution < 1.29 is 4.79 Å². The van der Waals surface area contributed by atoms with E-state index < -0.39 is 0 Å². The fourth-order valence-electron chi connectivity index (χ4n) is 4.14. The van der Waals surface area contributed by atoms with Crippen LogP contribution in [0.1, 0.15) is 25.3 Å². The number of benzene rings is 2. The zero-order chi connectivity index (χ0) is 20.8. The Morgan fingerprint density at radius 1 is 1.07 bits per heavy atom. The minimum absolute atomic E-state index is 0.0682. The van der Waals surface area contributed by atoms with Gasteiger partial charge in [0, 0.05) is 30.2 Å². The van der Waals surface area contributed by atoms with E-state index in [-0.39, 0.29) is 5.91 Å². The maximum atomic E-state index is 12.4. The summed E-state index contributed by atoms with van der Waals surface area (Å²) in [5, 5.41) is 3.02. The molecule has 5 nitrogen and oxygen atoms in total. The van der Waals surface area contributed by atoms with E-state index in [2.05, 4.69) is 69.3 Å². The van der Waals surface area contributed by atoms with Gasteiger partial charge in [-0.05, 0) is 56.0 Å². The molecule has 2 heterocycles. The third kappa shape index (κ3) is 5.16. The van der Waals surface area contributed by atoms with Gasteiger partial charge in [0.1, 0.15) is 5.82 Å².